The molecule has 0 aliphatic heterocycles. The summed E-state index contributed by atoms with van der Waals surface area (Å²) in [5.74, 6) is 7.46. The first-order valence-electron chi connectivity index (χ1n) is 8.12. The monoisotopic (exact) mass is 389 g/mol. The summed E-state index contributed by atoms with van der Waals surface area (Å²) in [6.45, 7) is 7.91. The van der Waals surface area contributed by atoms with E-state index in [1.807, 2.05) is 27.7 Å². The van der Waals surface area contributed by atoms with Crippen molar-refractivity contribution in [2.45, 2.75) is 43.5 Å². The van der Waals surface area contributed by atoms with Gasteiger partial charge in [-0.25, -0.2) is 4.68 Å². The lowest BCUT2D eigenvalue weighted by Gasteiger charge is -2.16. The van der Waals surface area contributed by atoms with Crippen LogP contribution in [-0.2, 0) is 5.41 Å². The van der Waals surface area contributed by atoms with Crippen LogP contribution in [0.2, 0.25) is 0 Å². The zero-order valence-electron chi connectivity index (χ0n) is 15.3. The highest BCUT2D eigenvalue weighted by Gasteiger charge is 2.25. The zero-order valence-corrected chi connectivity index (χ0v) is 16.1. The zero-order chi connectivity index (χ0) is 19.8. The first kappa shape index (κ1) is 18.8. The number of nitro groups is 1. The Labute approximate surface area is 159 Å². The average molecular weight is 389 g/mol. The quantitative estimate of drug-likeness (QED) is 0.302. The molecular weight excluding hydrogens is 370 g/mol. The minimum atomic E-state index is -0.462. The molecule has 27 heavy (non-hydrogen) atoms. The first-order valence-corrected chi connectivity index (χ1v) is 9.00. The number of hydrogen-bond donors (Lipinski definition) is 1. The van der Waals surface area contributed by atoms with E-state index in [4.69, 9.17) is 10.3 Å². The molecule has 0 radical (unpaired) electrons. The van der Waals surface area contributed by atoms with Crippen LogP contribution in [-0.4, -0.2) is 30.0 Å². The Morgan fingerprint density at radius 3 is 2.41 bits per heavy atom. The Morgan fingerprint density at radius 1 is 1.19 bits per heavy atom. The van der Waals surface area contributed by atoms with E-state index < -0.39 is 4.92 Å². The minimum absolute atomic E-state index is 0.000605. The van der Waals surface area contributed by atoms with Crippen LogP contribution in [0.4, 0.5) is 5.69 Å². The van der Waals surface area contributed by atoms with Gasteiger partial charge in [-0.3, -0.25) is 10.1 Å². The van der Waals surface area contributed by atoms with Crippen molar-refractivity contribution < 1.29 is 9.34 Å². The normalized spacial score (nSPS) is 12.9. The summed E-state index contributed by atoms with van der Waals surface area (Å²) in [6.07, 6.45) is 0. The number of rotatable bonds is 5. The molecule has 1 unspecified atom stereocenters. The first-order chi connectivity index (χ1) is 12.7. The molecule has 1 aromatic carbocycles. The number of aromatic nitrogens is 5. The maximum atomic E-state index is 10.7. The number of benzene rings is 1. The van der Waals surface area contributed by atoms with Crippen molar-refractivity contribution in [1.29, 1.82) is 0 Å². The lowest BCUT2D eigenvalue weighted by molar-refractivity contribution is -0.384. The minimum Gasteiger partial charge on any atom is -0.419 e. The Morgan fingerprint density at radius 2 is 1.85 bits per heavy atom. The van der Waals surface area contributed by atoms with Gasteiger partial charge in [0.15, 0.2) is 5.82 Å². The SMILES string of the molecule is CC(Sc1nnc(C(C)(C)C)n1N)c1nnc(-c2ccc([N+](=O)[O-])cc2)o1. The lowest BCUT2D eigenvalue weighted by atomic mass is 9.96. The van der Waals surface area contributed by atoms with E-state index >= 15 is 0 Å². The molecular formula is C16H19N7O3S. The fraction of sp³-hybridized carbons (Fsp3) is 0.375. The molecule has 2 aromatic heterocycles. The summed E-state index contributed by atoms with van der Waals surface area (Å²) in [7, 11) is 0. The van der Waals surface area contributed by atoms with Gasteiger partial charge in [0.25, 0.3) is 5.69 Å². The molecule has 0 fully saturated rings. The molecule has 0 bridgehead atoms. The van der Waals surface area contributed by atoms with Crippen LogP contribution in [0, 0.1) is 10.1 Å². The molecule has 0 saturated carbocycles. The van der Waals surface area contributed by atoms with E-state index in [1.54, 1.807) is 12.1 Å². The summed E-state index contributed by atoms with van der Waals surface area (Å²) in [5, 5.41) is 27.4. The van der Waals surface area contributed by atoms with Crippen LogP contribution < -0.4 is 5.84 Å². The molecule has 10 nitrogen and oxygen atoms in total. The molecule has 0 aliphatic rings. The number of nitro benzene ring substituents is 1. The number of hydrogen-bond acceptors (Lipinski definition) is 9. The maximum absolute atomic E-state index is 10.7. The summed E-state index contributed by atoms with van der Waals surface area (Å²) in [6, 6.07) is 5.92. The second-order valence-electron chi connectivity index (χ2n) is 6.94. The summed E-state index contributed by atoms with van der Waals surface area (Å²) in [4.78, 5) is 10.3. The van der Waals surface area contributed by atoms with Crippen LogP contribution in [0.1, 0.15) is 44.7 Å². The van der Waals surface area contributed by atoms with Gasteiger partial charge >= 0.3 is 0 Å². The van der Waals surface area contributed by atoms with Gasteiger partial charge in [0, 0.05) is 23.1 Å². The molecule has 1 atom stereocenters. The van der Waals surface area contributed by atoms with Gasteiger partial charge in [-0.1, -0.05) is 32.5 Å². The van der Waals surface area contributed by atoms with Gasteiger partial charge in [0.1, 0.15) is 0 Å². The fourth-order valence-corrected chi connectivity index (χ4v) is 3.12. The highest BCUT2D eigenvalue weighted by atomic mass is 32.2. The van der Waals surface area contributed by atoms with E-state index in [0.29, 0.717) is 22.4 Å². The standard InChI is InChI=1S/C16H19N7O3S/c1-9(27-15-21-20-14(22(15)17)16(2,3)4)12-18-19-13(26-12)10-5-7-11(8-6-10)23(24)25/h5-9H,17H2,1-4H3. The number of nitrogen functional groups attached to an aromatic ring is 1. The number of nitrogens with zero attached hydrogens (tertiary/aromatic N) is 6. The van der Waals surface area contributed by atoms with E-state index in [0.717, 1.165) is 0 Å². The van der Waals surface area contributed by atoms with Gasteiger partial charge in [0.2, 0.25) is 16.9 Å². The summed E-state index contributed by atoms with van der Waals surface area (Å²) < 4.78 is 7.17. The third-order valence-electron chi connectivity index (χ3n) is 3.73. The maximum Gasteiger partial charge on any atom is 0.269 e. The van der Waals surface area contributed by atoms with Gasteiger partial charge in [-0.15, -0.1) is 20.4 Å². The molecule has 11 heteroatoms. The lowest BCUT2D eigenvalue weighted by Crippen LogP contribution is -2.24. The average Bonchev–Trinajstić information content (AvgIpc) is 3.22. The Bertz CT molecular complexity index is 959. The molecule has 2 N–H and O–H groups in total. The second-order valence-corrected chi connectivity index (χ2v) is 8.24. The molecule has 3 aromatic rings. The number of non-ortho nitro benzene ring substituents is 1. The topological polar surface area (TPSA) is 139 Å². The Kier molecular flexibility index (Phi) is 4.87. The fourth-order valence-electron chi connectivity index (χ4n) is 2.32. The molecule has 0 saturated heterocycles. The van der Waals surface area contributed by atoms with Crippen molar-refractivity contribution in [2.24, 2.45) is 0 Å². The molecule has 3 rings (SSSR count). The number of nitrogens with two attached hydrogens (primary N) is 1. The molecule has 0 amide bonds. The highest BCUT2D eigenvalue weighted by molar-refractivity contribution is 7.99. The van der Waals surface area contributed by atoms with Gasteiger partial charge in [-0.2, -0.15) is 0 Å². The van der Waals surface area contributed by atoms with Crippen LogP contribution in [0.5, 0.6) is 0 Å². The van der Waals surface area contributed by atoms with E-state index in [9.17, 15) is 10.1 Å². The van der Waals surface area contributed by atoms with Crippen molar-refractivity contribution in [3.63, 3.8) is 0 Å². The third-order valence-corrected chi connectivity index (χ3v) is 4.78. The van der Waals surface area contributed by atoms with Crippen molar-refractivity contribution in [1.82, 2.24) is 25.1 Å². The highest BCUT2D eigenvalue weighted by Crippen LogP contribution is 2.35. The molecule has 0 spiro atoms. The molecule has 0 aliphatic carbocycles. The number of thioether (sulfide) groups is 1. The van der Waals surface area contributed by atoms with Crippen LogP contribution in [0.25, 0.3) is 11.5 Å². The Hall–Kier alpha value is -2.95. The van der Waals surface area contributed by atoms with Crippen molar-refractivity contribution in [3.05, 3.63) is 46.1 Å². The van der Waals surface area contributed by atoms with Gasteiger partial charge in [0.05, 0.1) is 10.2 Å². The summed E-state index contributed by atoms with van der Waals surface area (Å²) >= 11 is 1.35. The Balaban J connectivity index is 1.76. The smallest absolute Gasteiger partial charge is 0.269 e. The largest absolute Gasteiger partial charge is 0.419 e. The van der Waals surface area contributed by atoms with Crippen molar-refractivity contribution in [2.75, 3.05) is 5.84 Å². The third kappa shape index (κ3) is 3.92. The predicted octanol–water partition coefficient (Wildman–Crippen LogP) is 3.10. The predicted molar refractivity (Wildman–Crippen MR) is 99.5 cm³/mol. The van der Waals surface area contributed by atoms with Gasteiger partial charge < -0.3 is 10.3 Å². The van der Waals surface area contributed by atoms with Crippen LogP contribution >= 0.6 is 11.8 Å². The van der Waals surface area contributed by atoms with E-state index in [2.05, 4.69) is 20.4 Å². The summed E-state index contributed by atoms with van der Waals surface area (Å²) in [5.41, 5.74) is 0.380. The van der Waals surface area contributed by atoms with Crippen LogP contribution in [0.3, 0.4) is 0 Å². The van der Waals surface area contributed by atoms with Gasteiger partial charge in [-0.05, 0) is 19.1 Å². The second kappa shape index (κ2) is 6.99. The van der Waals surface area contributed by atoms with Crippen molar-refractivity contribution >= 4 is 17.4 Å². The van der Waals surface area contributed by atoms with Crippen LogP contribution in [0.15, 0.2) is 33.8 Å². The molecule has 142 valence electrons. The van der Waals surface area contributed by atoms with E-state index in [1.165, 1.54) is 28.6 Å². The van der Waals surface area contributed by atoms with E-state index in [-0.39, 0.29) is 22.2 Å². The van der Waals surface area contributed by atoms with Crippen molar-refractivity contribution in [3.8, 4) is 11.5 Å². The molecule has 2 heterocycles.